The predicted molar refractivity (Wildman–Crippen MR) is 224 cm³/mol. The van der Waals surface area contributed by atoms with Gasteiger partial charge in [-0.3, -0.25) is 0 Å². The topological polar surface area (TPSA) is 169 Å². The van der Waals surface area contributed by atoms with Gasteiger partial charge in [0.05, 0.1) is 58.3 Å². The second-order valence-electron chi connectivity index (χ2n) is 14.3. The number of hydrogen-bond acceptors (Lipinski definition) is 10. The first kappa shape index (κ1) is 47.6. The molecule has 2 aromatic heterocycles. The summed E-state index contributed by atoms with van der Waals surface area (Å²) in [6.07, 6.45) is 7.91. The third kappa shape index (κ3) is 14.8. The van der Waals surface area contributed by atoms with Crippen LogP contribution in [0.3, 0.4) is 0 Å². The lowest BCUT2D eigenvalue weighted by Gasteiger charge is -2.31. The van der Waals surface area contributed by atoms with Crippen molar-refractivity contribution >= 4 is 47.8 Å². The maximum Gasteiger partial charge on any atom is 0.337 e. The molecule has 0 amide bonds. The van der Waals surface area contributed by atoms with E-state index in [-0.39, 0.29) is 19.4 Å². The van der Waals surface area contributed by atoms with Gasteiger partial charge in [0.15, 0.2) is 0 Å². The van der Waals surface area contributed by atoms with Crippen molar-refractivity contribution in [2.75, 3.05) is 40.6 Å². The third-order valence-corrected chi connectivity index (χ3v) is 10.1. The first-order valence-corrected chi connectivity index (χ1v) is 19.0. The fraction of sp³-hybridized carbons (Fsp3) is 0.512. The van der Waals surface area contributed by atoms with Gasteiger partial charge in [-0.2, -0.15) is 0 Å². The summed E-state index contributed by atoms with van der Waals surface area (Å²) in [6, 6.07) is 10.7. The summed E-state index contributed by atoms with van der Waals surface area (Å²) < 4.78 is 21.1. The van der Waals surface area contributed by atoms with E-state index in [1.54, 1.807) is 52.0 Å². The Balaban J connectivity index is 0.000000272. The summed E-state index contributed by atoms with van der Waals surface area (Å²) in [6.45, 7) is 13.5. The lowest BCUT2D eigenvalue weighted by atomic mass is 9.90. The van der Waals surface area contributed by atoms with Crippen molar-refractivity contribution in [1.82, 2.24) is 19.9 Å². The van der Waals surface area contributed by atoms with Crippen LogP contribution in [0.5, 0.6) is 0 Å². The highest BCUT2D eigenvalue weighted by Crippen LogP contribution is 2.29. The van der Waals surface area contributed by atoms with Crippen molar-refractivity contribution in [3.8, 4) is 11.3 Å². The maximum atomic E-state index is 11.7. The molecule has 2 fully saturated rings. The van der Waals surface area contributed by atoms with E-state index in [9.17, 15) is 9.59 Å². The molecule has 2 aliphatic heterocycles. The number of aliphatic hydroxyl groups is 2. The summed E-state index contributed by atoms with van der Waals surface area (Å²) in [5, 5.41) is 18.2. The van der Waals surface area contributed by atoms with Gasteiger partial charge in [0.2, 0.25) is 0 Å². The highest BCUT2D eigenvalue weighted by molar-refractivity contribution is 14.1. The van der Waals surface area contributed by atoms with Crippen molar-refractivity contribution in [1.29, 1.82) is 0 Å². The van der Waals surface area contributed by atoms with Gasteiger partial charge < -0.3 is 39.1 Å². The molecule has 12 nitrogen and oxygen atoms in total. The van der Waals surface area contributed by atoms with Crippen LogP contribution in [0.1, 0.15) is 116 Å². The molecular weight excluding hydrogens is 814 g/mol. The van der Waals surface area contributed by atoms with Crippen molar-refractivity contribution in [3.05, 3.63) is 86.4 Å². The number of ether oxygens (including phenoxy) is 4. The Morgan fingerprint density at radius 2 is 1.20 bits per heavy atom. The lowest BCUT2D eigenvalue weighted by molar-refractivity contribution is -0.107. The van der Waals surface area contributed by atoms with E-state index >= 15 is 0 Å². The van der Waals surface area contributed by atoms with Gasteiger partial charge in [-0.1, -0.05) is 36.7 Å². The van der Waals surface area contributed by atoms with E-state index < -0.39 is 11.2 Å². The Bertz CT molecular complexity index is 1770. The molecule has 4 aromatic rings. The van der Waals surface area contributed by atoms with Crippen molar-refractivity contribution in [2.24, 2.45) is 0 Å². The van der Waals surface area contributed by atoms with Crippen LogP contribution in [-0.4, -0.2) is 102 Å². The van der Waals surface area contributed by atoms with Crippen molar-refractivity contribution in [3.63, 3.8) is 0 Å². The molecule has 0 unspecified atom stereocenters. The first-order valence-electron chi connectivity index (χ1n) is 17.9. The van der Waals surface area contributed by atoms with Crippen LogP contribution in [0, 0.1) is 17.5 Å². The lowest BCUT2D eigenvalue weighted by Crippen LogP contribution is -2.44. The minimum atomic E-state index is -1.01. The molecule has 2 saturated heterocycles. The molecule has 2 radical (unpaired) electrons. The number of nitrogens with zero attached hydrogens (tertiary/aromatic N) is 2. The third-order valence-electron chi connectivity index (χ3n) is 9.52. The number of methoxy groups -OCH3 is 2. The molecule has 6 rings (SSSR count). The Labute approximate surface area is 341 Å². The number of aryl methyl sites for hydroxylation is 2. The largest absolute Gasteiger partial charge is 0.465 e. The monoisotopic (exact) mass is 872 g/mol. The number of halogens is 1. The normalized spacial score (nSPS) is 14.7. The second kappa shape index (κ2) is 22.2. The minimum Gasteiger partial charge on any atom is -0.465 e. The summed E-state index contributed by atoms with van der Waals surface area (Å²) in [5.74, 6) is 2.45. The summed E-state index contributed by atoms with van der Waals surface area (Å²) >= 11 is 2.25. The van der Waals surface area contributed by atoms with E-state index in [1.807, 2.05) is 38.4 Å². The van der Waals surface area contributed by atoms with Gasteiger partial charge in [0, 0.05) is 43.8 Å². The molecule has 14 heteroatoms. The number of carbonyl (C=O) groups excluding carboxylic acids is 2. The van der Waals surface area contributed by atoms with Crippen LogP contribution < -0.4 is 5.46 Å². The molecule has 2 aromatic carbocycles. The van der Waals surface area contributed by atoms with Crippen LogP contribution in [0.2, 0.25) is 0 Å². The number of carbonyl (C=O) groups is 2. The van der Waals surface area contributed by atoms with E-state index in [2.05, 4.69) is 47.3 Å². The Hall–Kier alpha value is -3.57. The molecule has 0 saturated carbocycles. The zero-order valence-electron chi connectivity index (χ0n) is 32.6. The number of aromatic nitrogens is 4. The Morgan fingerprint density at radius 3 is 1.62 bits per heavy atom. The van der Waals surface area contributed by atoms with Gasteiger partial charge >= 0.3 is 11.9 Å². The SMILES string of the molecule is C.CC(C)(O)C(C)(C)O.COC(=O)c1ccc(C)c(-c2cnc(C3CCOCC3)[nH]2)c1.Ic1cnc(C2CCOCC2)[nH]1.[B]c1cc(C(=O)OC)ccc1C. The summed E-state index contributed by atoms with van der Waals surface area (Å²) in [7, 11) is 8.34. The molecule has 2 aliphatic rings. The second-order valence-corrected chi connectivity index (χ2v) is 15.4. The molecular formula is C41H58BIN4O8. The number of imidazole rings is 2. The van der Waals surface area contributed by atoms with Crippen LogP contribution >= 0.6 is 22.6 Å². The minimum absolute atomic E-state index is 0. The van der Waals surface area contributed by atoms with E-state index in [0.29, 0.717) is 28.4 Å². The van der Waals surface area contributed by atoms with Gasteiger partial charge in [-0.05, 0) is 114 Å². The molecule has 4 N–H and O–H groups in total. The molecule has 0 spiro atoms. The average Bonchev–Trinajstić information content (AvgIpc) is 3.83. The standard InChI is InChI=1S/C17H20N2O3.C9H9BO2.C8H11IN2O.C6H14O2.CH4/c1-11-3-4-13(17(20)21-2)9-14(11)15-10-18-16(19-15)12-5-7-22-8-6-12;1-6-3-4-7(5-8(6)10)9(11)12-2;9-7-5-10-8(11-7)6-1-3-12-4-2-6;1-5(2,7)6(3,4)8;/h3-4,9-10,12H,5-8H2,1-2H3,(H,18,19);3-5H,1-2H3;5-6H,1-4H2,(H,10,11);7-8H,1-4H3;1H4. The fourth-order valence-corrected chi connectivity index (χ4v) is 5.60. The van der Waals surface area contributed by atoms with E-state index in [1.165, 1.54) is 14.2 Å². The molecule has 0 bridgehead atoms. The smallest absolute Gasteiger partial charge is 0.337 e. The van der Waals surface area contributed by atoms with Crippen LogP contribution in [0.15, 0.2) is 48.8 Å². The molecule has 55 heavy (non-hydrogen) atoms. The maximum absolute atomic E-state index is 11.7. The van der Waals surface area contributed by atoms with E-state index in [0.717, 1.165) is 89.8 Å². The zero-order valence-corrected chi connectivity index (χ0v) is 34.8. The average molecular weight is 873 g/mol. The van der Waals surface area contributed by atoms with Crippen LogP contribution in [0.4, 0.5) is 0 Å². The number of aromatic amines is 2. The van der Waals surface area contributed by atoms with E-state index in [4.69, 9.17) is 32.3 Å². The molecule has 0 atom stereocenters. The first-order chi connectivity index (χ1) is 25.4. The highest BCUT2D eigenvalue weighted by Gasteiger charge is 2.32. The number of rotatable bonds is 6. The quantitative estimate of drug-likeness (QED) is 0.0929. The number of benzene rings is 2. The Kier molecular flexibility index (Phi) is 19.2. The number of nitrogens with one attached hydrogen (secondary N) is 2. The Morgan fingerprint density at radius 1 is 0.764 bits per heavy atom. The molecule has 4 heterocycles. The van der Waals surface area contributed by atoms with Gasteiger partial charge in [-0.25, -0.2) is 19.6 Å². The molecule has 0 aliphatic carbocycles. The zero-order chi connectivity index (χ0) is 40.1. The molecule has 300 valence electrons. The number of H-pyrrole nitrogens is 2. The van der Waals surface area contributed by atoms with Crippen molar-refractivity contribution < 1.29 is 38.7 Å². The van der Waals surface area contributed by atoms with Crippen molar-refractivity contribution in [2.45, 2.75) is 97.7 Å². The highest BCUT2D eigenvalue weighted by atomic mass is 127. The fourth-order valence-electron chi connectivity index (χ4n) is 5.19. The summed E-state index contributed by atoms with van der Waals surface area (Å²) in [4.78, 5) is 38.2. The van der Waals surface area contributed by atoms with Crippen LogP contribution in [0.25, 0.3) is 11.3 Å². The van der Waals surface area contributed by atoms with Gasteiger partial charge in [0.1, 0.15) is 19.5 Å². The van der Waals surface area contributed by atoms with Gasteiger partial charge in [0.25, 0.3) is 0 Å². The van der Waals surface area contributed by atoms with Gasteiger partial charge in [-0.15, -0.1) is 0 Å². The number of hydrogen-bond donors (Lipinski definition) is 4. The van der Waals surface area contributed by atoms with Crippen LogP contribution in [-0.2, 0) is 18.9 Å². The summed E-state index contributed by atoms with van der Waals surface area (Å²) in [5.41, 5.74) is 3.60. The predicted octanol–water partition coefficient (Wildman–Crippen LogP) is 6.71. The number of esters is 2.